The van der Waals surface area contributed by atoms with E-state index in [0.29, 0.717) is 12.6 Å². The molecule has 0 aliphatic carbocycles. The molecule has 1 N–H and O–H groups in total. The summed E-state index contributed by atoms with van der Waals surface area (Å²) >= 11 is 0. The predicted octanol–water partition coefficient (Wildman–Crippen LogP) is 2.65. The normalized spacial score (nSPS) is 21.5. The third-order valence-corrected chi connectivity index (χ3v) is 3.00. The van der Waals surface area contributed by atoms with Gasteiger partial charge in [0.1, 0.15) is 0 Å². The Labute approximate surface area is 91.6 Å². The van der Waals surface area contributed by atoms with Crippen molar-refractivity contribution in [1.29, 1.82) is 0 Å². The molecule has 1 atom stereocenters. The summed E-state index contributed by atoms with van der Waals surface area (Å²) in [5.74, 6) is 0. The molecule has 2 nitrogen and oxygen atoms in total. The summed E-state index contributed by atoms with van der Waals surface area (Å²) < 4.78 is 5.10. The molecule has 1 aliphatic rings. The quantitative estimate of drug-likeness (QED) is 0.819. The number of ether oxygens (including phenoxy) is 1. The van der Waals surface area contributed by atoms with Crippen molar-refractivity contribution >= 4 is 0 Å². The Bertz CT molecular complexity index is 288. The van der Waals surface area contributed by atoms with Crippen molar-refractivity contribution in [3.8, 4) is 0 Å². The highest BCUT2D eigenvalue weighted by Crippen LogP contribution is 2.22. The number of hydrogen-bond acceptors (Lipinski definition) is 2. The molecule has 2 heteroatoms. The van der Waals surface area contributed by atoms with E-state index in [1.165, 1.54) is 30.4 Å². The van der Waals surface area contributed by atoms with Crippen molar-refractivity contribution in [3.05, 3.63) is 35.4 Å². The molecule has 1 unspecified atom stereocenters. The summed E-state index contributed by atoms with van der Waals surface area (Å²) in [6.45, 7) is 1.86. The van der Waals surface area contributed by atoms with E-state index in [1.807, 2.05) is 0 Å². The van der Waals surface area contributed by atoms with Gasteiger partial charge in [-0.2, -0.15) is 0 Å². The molecule has 82 valence electrons. The molecule has 1 aromatic rings. The molecule has 1 aromatic carbocycles. The first kappa shape index (κ1) is 10.7. The van der Waals surface area contributed by atoms with Gasteiger partial charge in [0.25, 0.3) is 0 Å². The Hall–Kier alpha value is -0.860. The van der Waals surface area contributed by atoms with Gasteiger partial charge in [-0.15, -0.1) is 0 Å². The largest absolute Gasteiger partial charge is 0.380 e. The van der Waals surface area contributed by atoms with Gasteiger partial charge in [0, 0.05) is 13.2 Å². The average Bonchev–Trinajstić information content (AvgIpc) is 2.32. The molecule has 0 aromatic heterocycles. The van der Waals surface area contributed by atoms with E-state index >= 15 is 0 Å². The van der Waals surface area contributed by atoms with Crippen LogP contribution in [0.5, 0.6) is 0 Å². The zero-order valence-corrected chi connectivity index (χ0v) is 9.33. The third-order valence-electron chi connectivity index (χ3n) is 3.00. The minimum Gasteiger partial charge on any atom is -0.380 e. The molecule has 0 bridgehead atoms. The summed E-state index contributed by atoms with van der Waals surface area (Å²) in [7, 11) is 1.73. The second kappa shape index (κ2) is 5.29. The first-order valence-corrected chi connectivity index (χ1v) is 5.71. The van der Waals surface area contributed by atoms with Crippen molar-refractivity contribution in [2.45, 2.75) is 31.9 Å². The van der Waals surface area contributed by atoms with Gasteiger partial charge in [-0.25, -0.2) is 0 Å². The zero-order chi connectivity index (χ0) is 10.5. The first-order chi connectivity index (χ1) is 7.40. The van der Waals surface area contributed by atoms with E-state index in [2.05, 4.69) is 29.6 Å². The second-order valence-corrected chi connectivity index (χ2v) is 4.18. The van der Waals surface area contributed by atoms with E-state index in [1.54, 1.807) is 7.11 Å². The lowest BCUT2D eigenvalue weighted by Crippen LogP contribution is -2.26. The fraction of sp³-hybridized carbons (Fsp3) is 0.538. The van der Waals surface area contributed by atoms with E-state index in [9.17, 15) is 0 Å². The van der Waals surface area contributed by atoms with Gasteiger partial charge in [0.15, 0.2) is 0 Å². The van der Waals surface area contributed by atoms with Gasteiger partial charge < -0.3 is 10.1 Å². The maximum atomic E-state index is 5.10. The maximum Gasteiger partial charge on any atom is 0.0713 e. The van der Waals surface area contributed by atoms with Crippen molar-refractivity contribution < 1.29 is 4.74 Å². The van der Waals surface area contributed by atoms with Gasteiger partial charge in [-0.05, 0) is 30.5 Å². The number of piperidine rings is 1. The Morgan fingerprint density at radius 3 is 2.67 bits per heavy atom. The van der Waals surface area contributed by atoms with Crippen molar-refractivity contribution in [2.24, 2.45) is 0 Å². The van der Waals surface area contributed by atoms with E-state index in [0.717, 1.165) is 6.54 Å². The summed E-state index contributed by atoms with van der Waals surface area (Å²) in [4.78, 5) is 0. The van der Waals surface area contributed by atoms with Crippen LogP contribution in [0.4, 0.5) is 0 Å². The van der Waals surface area contributed by atoms with Crippen LogP contribution in [0.2, 0.25) is 0 Å². The molecule has 0 saturated carbocycles. The Balaban J connectivity index is 2.02. The summed E-state index contributed by atoms with van der Waals surface area (Å²) in [5.41, 5.74) is 2.66. The molecule has 1 aliphatic heterocycles. The first-order valence-electron chi connectivity index (χ1n) is 5.71. The van der Waals surface area contributed by atoms with Crippen LogP contribution < -0.4 is 5.32 Å². The molecule has 2 rings (SSSR count). The minimum atomic E-state index is 0.565. The van der Waals surface area contributed by atoms with Crippen LogP contribution in [0.15, 0.2) is 24.3 Å². The monoisotopic (exact) mass is 205 g/mol. The van der Waals surface area contributed by atoms with Crippen molar-refractivity contribution in [3.63, 3.8) is 0 Å². The van der Waals surface area contributed by atoms with Gasteiger partial charge in [-0.1, -0.05) is 30.7 Å². The fourth-order valence-corrected chi connectivity index (χ4v) is 2.15. The lowest BCUT2D eigenvalue weighted by atomic mass is 9.97. The number of rotatable bonds is 3. The Morgan fingerprint density at radius 1 is 1.27 bits per heavy atom. The van der Waals surface area contributed by atoms with Gasteiger partial charge in [-0.3, -0.25) is 0 Å². The average molecular weight is 205 g/mol. The molecule has 15 heavy (non-hydrogen) atoms. The van der Waals surface area contributed by atoms with Crippen LogP contribution in [-0.4, -0.2) is 13.7 Å². The molecule has 0 spiro atoms. The third kappa shape index (κ3) is 2.80. The molecule has 0 amide bonds. The molecular formula is C13H19NO. The van der Waals surface area contributed by atoms with E-state index < -0.39 is 0 Å². The Morgan fingerprint density at radius 2 is 2.07 bits per heavy atom. The minimum absolute atomic E-state index is 0.565. The molecule has 1 heterocycles. The number of benzene rings is 1. The molecule has 1 saturated heterocycles. The fourth-order valence-electron chi connectivity index (χ4n) is 2.15. The van der Waals surface area contributed by atoms with Crippen molar-refractivity contribution in [2.75, 3.05) is 13.7 Å². The number of methoxy groups -OCH3 is 1. The summed E-state index contributed by atoms with van der Waals surface area (Å²) in [5, 5.41) is 3.56. The lowest BCUT2D eigenvalue weighted by molar-refractivity contribution is 0.185. The van der Waals surface area contributed by atoms with E-state index in [-0.39, 0.29) is 0 Å². The lowest BCUT2D eigenvalue weighted by Gasteiger charge is -2.23. The summed E-state index contributed by atoms with van der Waals surface area (Å²) in [6.07, 6.45) is 3.93. The second-order valence-electron chi connectivity index (χ2n) is 4.18. The molecule has 1 fully saturated rings. The van der Waals surface area contributed by atoms with Gasteiger partial charge >= 0.3 is 0 Å². The van der Waals surface area contributed by atoms with E-state index in [4.69, 9.17) is 4.74 Å². The maximum absolute atomic E-state index is 5.10. The highest BCUT2D eigenvalue weighted by Gasteiger charge is 2.13. The smallest absolute Gasteiger partial charge is 0.0713 e. The Kier molecular flexibility index (Phi) is 3.75. The van der Waals surface area contributed by atoms with Crippen molar-refractivity contribution in [1.82, 2.24) is 5.32 Å². The highest BCUT2D eigenvalue weighted by molar-refractivity contribution is 5.24. The van der Waals surface area contributed by atoms with Crippen LogP contribution in [-0.2, 0) is 11.3 Å². The van der Waals surface area contributed by atoms with Crippen LogP contribution >= 0.6 is 0 Å². The number of hydrogen-bond donors (Lipinski definition) is 1. The van der Waals surface area contributed by atoms with Gasteiger partial charge in [0.2, 0.25) is 0 Å². The van der Waals surface area contributed by atoms with Crippen LogP contribution in [0.1, 0.15) is 36.4 Å². The molecule has 0 radical (unpaired) electrons. The van der Waals surface area contributed by atoms with Crippen LogP contribution in [0.3, 0.4) is 0 Å². The highest BCUT2D eigenvalue weighted by atomic mass is 16.5. The molecular weight excluding hydrogens is 186 g/mol. The number of nitrogens with one attached hydrogen (secondary N) is 1. The van der Waals surface area contributed by atoms with Crippen LogP contribution in [0, 0.1) is 0 Å². The van der Waals surface area contributed by atoms with Gasteiger partial charge in [0.05, 0.1) is 6.61 Å². The SMILES string of the molecule is COCc1ccc(C2CCCCN2)cc1. The topological polar surface area (TPSA) is 21.3 Å². The predicted molar refractivity (Wildman–Crippen MR) is 61.7 cm³/mol. The standard InChI is InChI=1S/C13H19NO/c1-15-10-11-5-7-12(8-6-11)13-4-2-3-9-14-13/h5-8,13-14H,2-4,9-10H2,1H3. The summed E-state index contributed by atoms with van der Waals surface area (Å²) in [6, 6.07) is 9.33. The van der Waals surface area contributed by atoms with Crippen LogP contribution in [0.25, 0.3) is 0 Å². The zero-order valence-electron chi connectivity index (χ0n) is 9.33.